The molecule has 0 unspecified atom stereocenters. The highest BCUT2D eigenvalue weighted by Crippen LogP contribution is 2.29. The van der Waals surface area contributed by atoms with Crippen LogP contribution in [0.1, 0.15) is 16.2 Å². The summed E-state index contributed by atoms with van der Waals surface area (Å²) in [6.07, 6.45) is -4.71. The Hall–Kier alpha value is -3.07. The maximum Gasteiger partial charge on any atom is 0.471 e. The van der Waals surface area contributed by atoms with E-state index < -0.39 is 18.0 Å². The standard InChI is InChI=1S/C16H10ClF3N4O2/c17-11-5-7-12(8-6-11)22-23-14(25)10-3-1-9(2-4-10)13-21-15(26-24-13)16(18,19)20/h1-8,22H,(H,23,25). The Balaban J connectivity index is 1.66. The van der Waals surface area contributed by atoms with Crippen molar-refractivity contribution in [3.05, 3.63) is 65.0 Å². The van der Waals surface area contributed by atoms with Crippen LogP contribution in [0, 0.1) is 0 Å². The number of amides is 1. The normalized spacial score (nSPS) is 11.2. The van der Waals surface area contributed by atoms with Crippen molar-refractivity contribution in [1.82, 2.24) is 15.6 Å². The van der Waals surface area contributed by atoms with Crippen molar-refractivity contribution < 1.29 is 22.5 Å². The molecule has 6 nitrogen and oxygen atoms in total. The van der Waals surface area contributed by atoms with Crippen LogP contribution in [-0.2, 0) is 6.18 Å². The zero-order valence-electron chi connectivity index (χ0n) is 12.8. The number of nitrogens with zero attached hydrogens (tertiary/aromatic N) is 2. The Kier molecular flexibility index (Phi) is 4.81. The number of hydrogen-bond acceptors (Lipinski definition) is 5. The van der Waals surface area contributed by atoms with Gasteiger partial charge in [-0.25, -0.2) is 0 Å². The topological polar surface area (TPSA) is 80.0 Å². The molecule has 2 N–H and O–H groups in total. The fraction of sp³-hybridized carbons (Fsp3) is 0.0625. The average Bonchev–Trinajstić information content (AvgIpc) is 3.12. The number of hydrogen-bond donors (Lipinski definition) is 2. The van der Waals surface area contributed by atoms with Gasteiger partial charge < -0.3 is 4.52 Å². The molecule has 0 aliphatic rings. The quantitative estimate of drug-likeness (QED) is 0.662. The van der Waals surface area contributed by atoms with Gasteiger partial charge in [0.05, 0.1) is 5.69 Å². The summed E-state index contributed by atoms with van der Waals surface area (Å²) in [6.45, 7) is 0. The number of benzene rings is 2. The predicted octanol–water partition coefficient (Wildman–Crippen LogP) is 4.17. The second kappa shape index (κ2) is 7.04. The average molecular weight is 383 g/mol. The van der Waals surface area contributed by atoms with E-state index in [1.165, 1.54) is 24.3 Å². The number of alkyl halides is 3. The van der Waals surface area contributed by atoms with Crippen molar-refractivity contribution in [3.8, 4) is 11.4 Å². The van der Waals surface area contributed by atoms with Crippen LogP contribution < -0.4 is 10.9 Å². The van der Waals surface area contributed by atoms with E-state index in [0.717, 1.165) is 0 Å². The number of rotatable bonds is 4. The Morgan fingerprint density at radius 2 is 1.69 bits per heavy atom. The molecule has 3 aromatic rings. The molecule has 2 aromatic carbocycles. The molecule has 0 aliphatic heterocycles. The zero-order chi connectivity index (χ0) is 18.7. The fourth-order valence-electron chi connectivity index (χ4n) is 1.96. The molecule has 0 aliphatic carbocycles. The first-order valence-electron chi connectivity index (χ1n) is 7.16. The lowest BCUT2D eigenvalue weighted by molar-refractivity contribution is -0.159. The molecule has 10 heteroatoms. The first-order valence-corrected chi connectivity index (χ1v) is 7.54. The van der Waals surface area contributed by atoms with Gasteiger partial charge in [0.15, 0.2) is 0 Å². The first-order chi connectivity index (χ1) is 12.3. The predicted molar refractivity (Wildman–Crippen MR) is 87.3 cm³/mol. The molecule has 0 saturated carbocycles. The summed E-state index contributed by atoms with van der Waals surface area (Å²) < 4.78 is 41.6. The highest BCUT2D eigenvalue weighted by atomic mass is 35.5. The van der Waals surface area contributed by atoms with Gasteiger partial charge >= 0.3 is 12.1 Å². The van der Waals surface area contributed by atoms with Crippen LogP contribution in [0.3, 0.4) is 0 Å². The number of halogens is 4. The largest absolute Gasteiger partial charge is 0.471 e. The van der Waals surface area contributed by atoms with Crippen molar-refractivity contribution in [2.75, 3.05) is 5.43 Å². The molecule has 0 atom stereocenters. The summed E-state index contributed by atoms with van der Waals surface area (Å²) >= 11 is 5.77. The summed E-state index contributed by atoms with van der Waals surface area (Å²) in [7, 11) is 0. The van der Waals surface area contributed by atoms with E-state index in [-0.39, 0.29) is 17.0 Å². The summed E-state index contributed by atoms with van der Waals surface area (Å²) in [4.78, 5) is 15.4. The third-order valence-electron chi connectivity index (χ3n) is 3.24. The van der Waals surface area contributed by atoms with Crippen molar-refractivity contribution in [3.63, 3.8) is 0 Å². The molecule has 1 aromatic heterocycles. The van der Waals surface area contributed by atoms with Crippen LogP contribution in [0.5, 0.6) is 0 Å². The van der Waals surface area contributed by atoms with E-state index in [4.69, 9.17) is 11.6 Å². The van der Waals surface area contributed by atoms with Crippen molar-refractivity contribution in [1.29, 1.82) is 0 Å². The monoisotopic (exact) mass is 382 g/mol. The van der Waals surface area contributed by atoms with Crippen LogP contribution in [0.2, 0.25) is 5.02 Å². The molecule has 0 fully saturated rings. The molecule has 0 bridgehead atoms. The van der Waals surface area contributed by atoms with E-state index in [0.29, 0.717) is 10.7 Å². The zero-order valence-corrected chi connectivity index (χ0v) is 13.6. The van der Waals surface area contributed by atoms with Gasteiger partial charge in [0.25, 0.3) is 5.91 Å². The summed E-state index contributed by atoms with van der Waals surface area (Å²) in [5.41, 5.74) is 6.40. The summed E-state index contributed by atoms with van der Waals surface area (Å²) in [6, 6.07) is 12.4. The maximum atomic E-state index is 12.5. The number of carbonyl (C=O) groups is 1. The Bertz CT molecular complexity index is 908. The van der Waals surface area contributed by atoms with Crippen LogP contribution in [-0.4, -0.2) is 16.0 Å². The SMILES string of the molecule is O=C(NNc1ccc(Cl)cc1)c1ccc(-c2noc(C(F)(F)F)n2)cc1. The maximum absolute atomic E-state index is 12.5. The number of hydrazine groups is 1. The van der Waals surface area contributed by atoms with Crippen molar-refractivity contribution >= 4 is 23.2 Å². The van der Waals surface area contributed by atoms with Gasteiger partial charge in [-0.2, -0.15) is 18.2 Å². The molecule has 3 rings (SSSR count). The molecule has 1 heterocycles. The third kappa shape index (κ3) is 4.12. The summed E-state index contributed by atoms with van der Waals surface area (Å²) in [5, 5.41) is 3.84. The number of anilines is 1. The lowest BCUT2D eigenvalue weighted by Gasteiger charge is -2.08. The molecule has 0 saturated heterocycles. The number of nitrogens with one attached hydrogen (secondary N) is 2. The number of carbonyl (C=O) groups excluding carboxylic acids is 1. The minimum atomic E-state index is -4.71. The van der Waals surface area contributed by atoms with Gasteiger partial charge in [-0.05, 0) is 36.4 Å². The molecular weight excluding hydrogens is 373 g/mol. The van der Waals surface area contributed by atoms with Crippen molar-refractivity contribution in [2.24, 2.45) is 0 Å². The van der Waals surface area contributed by atoms with E-state index in [9.17, 15) is 18.0 Å². The second-order valence-corrected chi connectivity index (χ2v) is 5.52. The molecule has 0 radical (unpaired) electrons. The van der Waals surface area contributed by atoms with E-state index >= 15 is 0 Å². The fourth-order valence-corrected chi connectivity index (χ4v) is 2.09. The van der Waals surface area contributed by atoms with Gasteiger partial charge in [-0.1, -0.05) is 28.9 Å². The summed E-state index contributed by atoms with van der Waals surface area (Å²) in [5.74, 6) is -2.08. The van der Waals surface area contributed by atoms with Gasteiger partial charge in [0.1, 0.15) is 0 Å². The molecule has 26 heavy (non-hydrogen) atoms. The highest BCUT2D eigenvalue weighted by Gasteiger charge is 2.38. The molecule has 1 amide bonds. The van der Waals surface area contributed by atoms with E-state index in [2.05, 4.69) is 25.5 Å². The second-order valence-electron chi connectivity index (χ2n) is 5.08. The minimum absolute atomic E-state index is 0.219. The first kappa shape index (κ1) is 17.7. The van der Waals surface area contributed by atoms with Crippen LogP contribution in [0.4, 0.5) is 18.9 Å². The molecule has 0 spiro atoms. The molecular formula is C16H10ClF3N4O2. The van der Waals surface area contributed by atoms with Crippen molar-refractivity contribution in [2.45, 2.75) is 6.18 Å². The third-order valence-corrected chi connectivity index (χ3v) is 3.49. The highest BCUT2D eigenvalue weighted by molar-refractivity contribution is 6.30. The minimum Gasteiger partial charge on any atom is -0.329 e. The van der Waals surface area contributed by atoms with Gasteiger partial charge in [-0.3, -0.25) is 15.6 Å². The van der Waals surface area contributed by atoms with Crippen LogP contribution >= 0.6 is 11.6 Å². The lowest BCUT2D eigenvalue weighted by atomic mass is 10.1. The van der Waals surface area contributed by atoms with E-state index in [1.807, 2.05) is 0 Å². The Morgan fingerprint density at radius 1 is 1.04 bits per heavy atom. The van der Waals surface area contributed by atoms with Gasteiger partial charge in [0, 0.05) is 16.1 Å². The number of aromatic nitrogens is 2. The van der Waals surface area contributed by atoms with Gasteiger partial charge in [-0.15, -0.1) is 0 Å². The Labute approximate surface area is 149 Å². The molecule has 134 valence electrons. The van der Waals surface area contributed by atoms with Crippen LogP contribution in [0.25, 0.3) is 11.4 Å². The van der Waals surface area contributed by atoms with E-state index in [1.54, 1.807) is 24.3 Å². The Morgan fingerprint density at radius 3 is 2.27 bits per heavy atom. The van der Waals surface area contributed by atoms with Gasteiger partial charge in [0.2, 0.25) is 5.82 Å². The smallest absolute Gasteiger partial charge is 0.329 e. The lowest BCUT2D eigenvalue weighted by Crippen LogP contribution is -2.29. The van der Waals surface area contributed by atoms with Crippen LogP contribution in [0.15, 0.2) is 53.1 Å².